The number of halogens is 1. The second-order valence-electron chi connectivity index (χ2n) is 7.70. The third-order valence-corrected chi connectivity index (χ3v) is 6.30. The minimum Gasteiger partial charge on any atom is -0.525 e. The van der Waals surface area contributed by atoms with Crippen molar-refractivity contribution < 1.29 is 37.4 Å². The summed E-state index contributed by atoms with van der Waals surface area (Å²) in [6.07, 6.45) is 8.67. The third-order valence-electron chi connectivity index (χ3n) is 5.82. The van der Waals surface area contributed by atoms with Crippen LogP contribution in [0.5, 0.6) is 5.75 Å². The fourth-order valence-corrected chi connectivity index (χ4v) is 4.83. The molecule has 3 atom stereocenters. The minimum atomic E-state index is 0. The van der Waals surface area contributed by atoms with Crippen molar-refractivity contribution in [2.24, 2.45) is 0 Å². The molecule has 0 N–H and O–H groups in total. The van der Waals surface area contributed by atoms with Gasteiger partial charge in [0, 0.05) is 44.0 Å². The van der Waals surface area contributed by atoms with Gasteiger partial charge in [-0.3, -0.25) is 0 Å². The van der Waals surface area contributed by atoms with Crippen LogP contribution in [0, 0.1) is 6.92 Å². The monoisotopic (exact) mass is 472 g/mol. The van der Waals surface area contributed by atoms with E-state index in [2.05, 4.69) is 56.3 Å². The van der Waals surface area contributed by atoms with Crippen molar-refractivity contribution in [3.05, 3.63) is 72.1 Å². The van der Waals surface area contributed by atoms with E-state index in [0.29, 0.717) is 18.4 Å². The molecule has 0 bridgehead atoms. The van der Waals surface area contributed by atoms with Gasteiger partial charge in [-0.2, -0.15) is 0 Å². The van der Waals surface area contributed by atoms with E-state index in [-0.39, 0.29) is 38.1 Å². The van der Waals surface area contributed by atoms with Gasteiger partial charge in [0.05, 0.1) is 0 Å². The van der Waals surface area contributed by atoms with Gasteiger partial charge in [0.1, 0.15) is 5.75 Å². The van der Waals surface area contributed by atoms with Crippen LogP contribution in [-0.2, 0) is 39.1 Å². The first-order valence-electron chi connectivity index (χ1n) is 10.5. The van der Waals surface area contributed by atoms with Crippen molar-refractivity contribution in [3.8, 4) is 5.75 Å². The predicted molar refractivity (Wildman–Crippen MR) is 116 cm³/mol. The van der Waals surface area contributed by atoms with E-state index >= 15 is 0 Å². The summed E-state index contributed by atoms with van der Waals surface area (Å²) in [4.78, 5) is 0. The van der Waals surface area contributed by atoms with Crippen LogP contribution < -0.4 is 4.74 Å². The first kappa shape index (κ1) is 23.9. The minimum absolute atomic E-state index is 0. The van der Waals surface area contributed by atoms with Crippen molar-refractivity contribution in [1.82, 2.24) is 0 Å². The largest absolute Gasteiger partial charge is 0.525 e. The SMILES string of the molecule is [CH2-]COc1cccc(C2C(Cl)CCC2c2ccc(CCCCCC)cc2)c1.[Y]. The average Bonchev–Trinajstić information content (AvgIpc) is 3.08. The molecule has 1 nitrogen and oxygen atoms in total. The van der Waals surface area contributed by atoms with Crippen molar-refractivity contribution in [2.75, 3.05) is 6.61 Å². The Morgan fingerprint density at radius 3 is 2.50 bits per heavy atom. The molecule has 0 heterocycles. The summed E-state index contributed by atoms with van der Waals surface area (Å²) in [7, 11) is 0. The van der Waals surface area contributed by atoms with E-state index < -0.39 is 0 Å². The molecule has 1 fully saturated rings. The smallest absolute Gasteiger partial charge is 0.115 e. The summed E-state index contributed by atoms with van der Waals surface area (Å²) in [6.45, 7) is 6.48. The van der Waals surface area contributed by atoms with E-state index in [1.165, 1.54) is 48.8 Å². The molecule has 2 aromatic carbocycles. The number of benzene rings is 2. The Balaban J connectivity index is 0.00000280. The Bertz CT molecular complexity index is 700. The average molecular weight is 473 g/mol. The zero-order chi connectivity index (χ0) is 19.1. The summed E-state index contributed by atoms with van der Waals surface area (Å²) < 4.78 is 5.60. The van der Waals surface area contributed by atoms with Crippen LogP contribution in [0.25, 0.3) is 0 Å². The van der Waals surface area contributed by atoms with E-state index in [0.717, 1.165) is 18.6 Å². The summed E-state index contributed by atoms with van der Waals surface area (Å²) in [6, 6.07) is 17.7. The van der Waals surface area contributed by atoms with Gasteiger partial charge in [0.25, 0.3) is 0 Å². The Morgan fingerprint density at radius 1 is 1.00 bits per heavy atom. The number of rotatable bonds is 9. The summed E-state index contributed by atoms with van der Waals surface area (Å²) >= 11 is 6.76. The van der Waals surface area contributed by atoms with E-state index in [9.17, 15) is 0 Å². The van der Waals surface area contributed by atoms with Crippen LogP contribution in [0.3, 0.4) is 0 Å². The number of hydrogen-bond acceptors (Lipinski definition) is 1. The maximum absolute atomic E-state index is 6.76. The molecule has 1 radical (unpaired) electrons. The summed E-state index contributed by atoms with van der Waals surface area (Å²) in [5, 5.41) is 0.179. The van der Waals surface area contributed by atoms with Crippen LogP contribution in [0.4, 0.5) is 0 Å². The van der Waals surface area contributed by atoms with Crippen LogP contribution in [-0.4, -0.2) is 12.0 Å². The molecule has 149 valence electrons. The van der Waals surface area contributed by atoms with Crippen LogP contribution in [0.2, 0.25) is 0 Å². The number of unbranched alkanes of at least 4 members (excludes halogenated alkanes) is 3. The topological polar surface area (TPSA) is 9.23 Å². The van der Waals surface area contributed by atoms with Gasteiger partial charge >= 0.3 is 0 Å². The van der Waals surface area contributed by atoms with Gasteiger partial charge in [-0.1, -0.05) is 62.6 Å². The summed E-state index contributed by atoms with van der Waals surface area (Å²) in [5.41, 5.74) is 4.16. The fraction of sp³-hybridized carbons (Fsp3) is 0.480. The molecule has 1 aliphatic carbocycles. The van der Waals surface area contributed by atoms with Gasteiger partial charge in [-0.05, 0) is 67.0 Å². The maximum Gasteiger partial charge on any atom is 0.115 e. The molecule has 0 aliphatic heterocycles. The van der Waals surface area contributed by atoms with Gasteiger partial charge < -0.3 is 11.7 Å². The van der Waals surface area contributed by atoms with Crippen molar-refractivity contribution in [1.29, 1.82) is 0 Å². The van der Waals surface area contributed by atoms with Gasteiger partial charge in [0.2, 0.25) is 0 Å². The van der Waals surface area contributed by atoms with Crippen LogP contribution >= 0.6 is 11.6 Å². The number of alkyl halides is 1. The van der Waals surface area contributed by atoms with Crippen LogP contribution in [0.1, 0.15) is 74.0 Å². The predicted octanol–water partition coefficient (Wildman–Crippen LogP) is 7.29. The molecule has 1 aliphatic rings. The van der Waals surface area contributed by atoms with Crippen molar-refractivity contribution in [2.45, 2.75) is 69.1 Å². The molecular weight excluding hydrogens is 441 g/mol. The Kier molecular flexibility index (Phi) is 10.6. The molecule has 0 amide bonds. The molecule has 2 aromatic rings. The summed E-state index contributed by atoms with van der Waals surface area (Å²) in [5.74, 6) is 1.71. The molecular formula is C25H32ClOY-. The van der Waals surface area contributed by atoms with Gasteiger partial charge in [-0.25, -0.2) is 0 Å². The first-order chi connectivity index (χ1) is 13.2. The molecule has 3 unspecified atom stereocenters. The van der Waals surface area contributed by atoms with Crippen molar-refractivity contribution >= 4 is 11.6 Å². The Hall–Kier alpha value is -0.366. The molecule has 1 saturated carbocycles. The number of aryl methyl sites for hydroxylation is 1. The van der Waals surface area contributed by atoms with E-state index in [4.69, 9.17) is 16.3 Å². The van der Waals surface area contributed by atoms with E-state index in [1.54, 1.807) is 0 Å². The zero-order valence-corrected chi connectivity index (χ0v) is 20.7. The molecule has 0 saturated heterocycles. The normalized spacial score (nSPS) is 21.3. The third kappa shape index (κ3) is 6.31. The zero-order valence-electron chi connectivity index (χ0n) is 17.1. The second kappa shape index (κ2) is 12.4. The number of hydrogen-bond donors (Lipinski definition) is 0. The molecule has 3 rings (SSSR count). The van der Waals surface area contributed by atoms with Gasteiger partial charge in [0.15, 0.2) is 0 Å². The molecule has 28 heavy (non-hydrogen) atoms. The molecule has 0 aromatic heterocycles. The molecule has 3 heteroatoms. The first-order valence-corrected chi connectivity index (χ1v) is 10.9. The Morgan fingerprint density at radius 2 is 1.79 bits per heavy atom. The second-order valence-corrected chi connectivity index (χ2v) is 8.26. The van der Waals surface area contributed by atoms with Crippen LogP contribution in [0.15, 0.2) is 48.5 Å². The Labute approximate surface area is 201 Å². The standard InChI is InChI=1S/C25H32ClO.Y/c1-3-5-6-7-9-19-12-14-20(15-13-19)23-16-17-24(26)25(23)21-10-8-11-22(18-21)27-4-2;/h8,10-15,18,23-25H,2-7,9,16-17H2,1H3;/q-1;. The molecule has 0 spiro atoms. The number of ether oxygens (including phenoxy) is 1. The fourth-order valence-electron chi connectivity index (χ4n) is 4.38. The quantitative estimate of drug-likeness (QED) is 0.211. The van der Waals surface area contributed by atoms with Crippen molar-refractivity contribution in [3.63, 3.8) is 0 Å². The van der Waals surface area contributed by atoms with Gasteiger partial charge in [-0.15, -0.1) is 11.6 Å². The maximum atomic E-state index is 6.76. The van der Waals surface area contributed by atoms with E-state index in [1.807, 2.05) is 6.07 Å².